The molecule has 22 heavy (non-hydrogen) atoms. The number of alkyl halides is 2. The molecule has 0 saturated carbocycles. The van der Waals surface area contributed by atoms with Gasteiger partial charge in [-0.1, -0.05) is 11.3 Å². The summed E-state index contributed by atoms with van der Waals surface area (Å²) < 4.78 is 27.6. The van der Waals surface area contributed by atoms with Gasteiger partial charge in [-0.2, -0.15) is 23.4 Å². The van der Waals surface area contributed by atoms with Crippen LogP contribution >= 0.6 is 23.2 Å². The van der Waals surface area contributed by atoms with Crippen molar-refractivity contribution in [1.29, 1.82) is 0 Å². The van der Waals surface area contributed by atoms with E-state index in [1.54, 1.807) is 6.92 Å². The topological polar surface area (TPSA) is 124 Å². The van der Waals surface area contributed by atoms with Gasteiger partial charge in [0, 0.05) is 11.8 Å². The second-order valence-corrected chi connectivity index (χ2v) is 5.08. The van der Waals surface area contributed by atoms with Crippen LogP contribution in [0.15, 0.2) is 4.36 Å². The predicted octanol–water partition coefficient (Wildman–Crippen LogP) is 1.88. The maximum Gasteiger partial charge on any atom is 0.362 e. The van der Waals surface area contributed by atoms with Crippen LogP contribution in [0.5, 0.6) is 6.01 Å². The van der Waals surface area contributed by atoms with Crippen molar-refractivity contribution in [2.75, 3.05) is 24.2 Å². The molecule has 0 aromatic carbocycles. The molecule has 1 heterocycles. The van der Waals surface area contributed by atoms with Gasteiger partial charge in [-0.15, -0.1) is 23.2 Å². The van der Waals surface area contributed by atoms with E-state index in [-0.39, 0.29) is 12.0 Å². The molecule has 0 unspecified atom stereocenters. The molecule has 0 aliphatic rings. The van der Waals surface area contributed by atoms with Gasteiger partial charge in [-0.25, -0.2) is 4.79 Å². The maximum absolute atomic E-state index is 10.9. The molecule has 0 atom stereocenters. The average molecular weight is 372 g/mol. The molecule has 9 nitrogen and oxygen atoms in total. The highest BCUT2D eigenvalue weighted by Gasteiger charge is 2.07. The molecule has 12 heteroatoms. The number of nitrogens with zero attached hydrogens (tertiary/aromatic N) is 4. The normalized spacial score (nSPS) is 9.55. The zero-order valence-corrected chi connectivity index (χ0v) is 14.4. The summed E-state index contributed by atoms with van der Waals surface area (Å²) in [6, 6.07) is -1.09. The molecule has 0 aliphatic heterocycles. The summed E-state index contributed by atoms with van der Waals surface area (Å²) in [5.41, 5.74) is 0. The first-order chi connectivity index (χ1) is 10.3. The second-order valence-electron chi connectivity index (χ2n) is 3.85. The Morgan fingerprint density at radius 1 is 1.32 bits per heavy atom. The number of amides is 2. The van der Waals surface area contributed by atoms with Crippen molar-refractivity contribution >= 4 is 45.7 Å². The number of carbonyl (C=O) groups is 1. The van der Waals surface area contributed by atoms with Crippen molar-refractivity contribution in [3.05, 3.63) is 5.82 Å². The Morgan fingerprint density at radius 2 is 1.91 bits per heavy atom. The van der Waals surface area contributed by atoms with Gasteiger partial charge in [0.25, 0.3) is 0 Å². The zero-order valence-electron chi connectivity index (χ0n) is 12.1. The molecule has 0 spiro atoms. The fraction of sp³-hybridized carbons (Fsp3) is 0.600. The van der Waals surface area contributed by atoms with Crippen LogP contribution < -0.4 is 10.1 Å². The molecular formula is C10H15Cl2N5O4S. The maximum atomic E-state index is 10.9. The molecule has 0 saturated heterocycles. The van der Waals surface area contributed by atoms with Gasteiger partial charge in [0.2, 0.25) is 5.95 Å². The lowest BCUT2D eigenvalue weighted by atomic mass is 10.3. The number of halogens is 2. The molecule has 1 N–H and O–H groups in total. The van der Waals surface area contributed by atoms with Crippen molar-refractivity contribution in [3.8, 4) is 6.01 Å². The third-order valence-electron chi connectivity index (χ3n) is 1.81. The molecule has 0 aliphatic carbocycles. The molecule has 1 aromatic heterocycles. The number of hydrogen-bond acceptors (Lipinski definition) is 7. The Balaban J connectivity index is 0.000000626. The summed E-state index contributed by atoms with van der Waals surface area (Å²) >= 11 is 10.7. The van der Waals surface area contributed by atoms with Crippen molar-refractivity contribution in [3.63, 3.8) is 0 Å². The molecule has 1 rings (SSSR count). The number of carbonyl (C=O) groups excluding carboxylic acids is 1. The number of methoxy groups -OCH3 is 1. The van der Waals surface area contributed by atoms with Crippen LogP contribution in [-0.4, -0.2) is 48.3 Å². The van der Waals surface area contributed by atoms with Gasteiger partial charge in [0.15, 0.2) is 0 Å². The number of rotatable bonds is 4. The van der Waals surface area contributed by atoms with Crippen molar-refractivity contribution in [2.45, 2.75) is 13.8 Å². The van der Waals surface area contributed by atoms with E-state index in [1.807, 2.05) is 12.2 Å². The van der Waals surface area contributed by atoms with E-state index in [0.717, 1.165) is 0 Å². The summed E-state index contributed by atoms with van der Waals surface area (Å²) in [4.78, 5) is 22.1. The first-order valence-electron chi connectivity index (χ1n) is 5.83. The number of hydrogen-bond donors (Lipinski definition) is 1. The van der Waals surface area contributed by atoms with Crippen molar-refractivity contribution in [1.82, 2.24) is 15.0 Å². The summed E-state index contributed by atoms with van der Waals surface area (Å²) in [5.74, 6) is 1.98. The Morgan fingerprint density at radius 3 is 2.32 bits per heavy atom. The molecule has 124 valence electrons. The van der Waals surface area contributed by atoms with E-state index in [1.165, 1.54) is 7.11 Å². The van der Waals surface area contributed by atoms with Crippen LogP contribution in [0, 0.1) is 12.8 Å². The van der Waals surface area contributed by atoms with E-state index in [9.17, 15) is 13.2 Å². The number of urea groups is 1. The van der Waals surface area contributed by atoms with Crippen LogP contribution in [0.1, 0.15) is 12.7 Å². The first-order valence-corrected chi connectivity index (χ1v) is 7.93. The Hall–Kier alpha value is -1.52. The molecule has 1 aromatic rings. The van der Waals surface area contributed by atoms with E-state index >= 15 is 0 Å². The molecule has 0 fully saturated rings. The molecule has 2 amide bonds. The van der Waals surface area contributed by atoms with E-state index < -0.39 is 16.5 Å². The lowest BCUT2D eigenvalue weighted by Crippen LogP contribution is -2.11. The van der Waals surface area contributed by atoms with Crippen LogP contribution in [0.25, 0.3) is 0 Å². The van der Waals surface area contributed by atoms with Crippen LogP contribution in [0.3, 0.4) is 0 Å². The van der Waals surface area contributed by atoms with Crippen molar-refractivity contribution < 1.29 is 17.9 Å². The lowest BCUT2D eigenvalue weighted by molar-refractivity contribution is 0.259. The highest BCUT2D eigenvalue weighted by atomic mass is 35.5. The molecule has 0 radical (unpaired) electrons. The third-order valence-corrected chi connectivity index (χ3v) is 3.18. The Labute approximate surface area is 139 Å². The fourth-order valence-electron chi connectivity index (χ4n) is 0.832. The lowest BCUT2D eigenvalue weighted by Gasteiger charge is -2.02. The average Bonchev–Trinajstić information content (AvgIpc) is 2.45. The van der Waals surface area contributed by atoms with Crippen LogP contribution in [-0.2, 0) is 10.5 Å². The number of aryl methyl sites for hydroxylation is 1. The van der Waals surface area contributed by atoms with Gasteiger partial charge in [0.05, 0.1) is 7.11 Å². The summed E-state index contributed by atoms with van der Waals surface area (Å²) in [5, 5.41) is 2.05. The smallest absolute Gasteiger partial charge is 0.362 e. The molecule has 0 bridgehead atoms. The van der Waals surface area contributed by atoms with Crippen LogP contribution in [0.2, 0.25) is 0 Å². The van der Waals surface area contributed by atoms with Gasteiger partial charge >= 0.3 is 22.5 Å². The quantitative estimate of drug-likeness (QED) is 0.800. The predicted molar refractivity (Wildman–Crippen MR) is 82.1 cm³/mol. The summed E-state index contributed by atoms with van der Waals surface area (Å²) in [7, 11) is -1.48. The standard InChI is InChI=1S/C6H7N5O4S.C4H8Cl2/c1-3-7-4(10-6(8-3)15-2)9-5(12)11-16(13)14;1-4(2-5)3-6/h1-2H3,(H,7,8,9,10,12);4H,2-3H2,1H3. The molecular weight excluding hydrogens is 357 g/mol. The SMILES string of the molecule is CC(CCl)CCl.COc1nc(C)nc(NC(=O)N=S(=O)=O)n1. The van der Waals surface area contributed by atoms with Gasteiger partial charge < -0.3 is 4.74 Å². The van der Waals surface area contributed by atoms with E-state index in [2.05, 4.69) is 19.3 Å². The van der Waals surface area contributed by atoms with E-state index in [0.29, 0.717) is 23.5 Å². The highest BCUT2D eigenvalue weighted by Crippen LogP contribution is 2.06. The summed E-state index contributed by atoms with van der Waals surface area (Å²) in [6.45, 7) is 3.57. The number of nitrogens with one attached hydrogen (secondary N) is 1. The Kier molecular flexibility index (Phi) is 10.3. The van der Waals surface area contributed by atoms with Gasteiger partial charge in [0.1, 0.15) is 5.82 Å². The first kappa shape index (κ1) is 20.5. The zero-order chi connectivity index (χ0) is 17.1. The van der Waals surface area contributed by atoms with Gasteiger partial charge in [-0.3, -0.25) is 5.32 Å². The number of anilines is 1. The monoisotopic (exact) mass is 371 g/mol. The largest absolute Gasteiger partial charge is 0.467 e. The third kappa shape index (κ3) is 9.42. The Bertz CT molecular complexity index is 614. The summed E-state index contributed by atoms with van der Waals surface area (Å²) in [6.07, 6.45) is 0. The minimum Gasteiger partial charge on any atom is -0.467 e. The number of aromatic nitrogens is 3. The van der Waals surface area contributed by atoms with E-state index in [4.69, 9.17) is 27.9 Å². The highest BCUT2D eigenvalue weighted by molar-refractivity contribution is 7.62. The van der Waals surface area contributed by atoms with Crippen molar-refractivity contribution in [2.24, 2.45) is 10.3 Å². The second kappa shape index (κ2) is 11.1. The fourth-order valence-corrected chi connectivity index (χ4v) is 1.34. The minimum atomic E-state index is -2.82. The minimum absolute atomic E-state index is 0.00560. The van der Waals surface area contributed by atoms with Crippen LogP contribution in [0.4, 0.5) is 10.7 Å². The van der Waals surface area contributed by atoms with Gasteiger partial charge in [-0.05, 0) is 12.8 Å². The number of ether oxygens (including phenoxy) is 1.